The number of hydrogen-bond donors (Lipinski definition) is 6. The molecule has 0 unspecified atom stereocenters. The van der Waals surface area contributed by atoms with Crippen molar-refractivity contribution in [2.45, 2.75) is 95.3 Å². The third-order valence-electron chi connectivity index (χ3n) is 6.43. The van der Waals surface area contributed by atoms with Crippen LogP contribution in [0.4, 0.5) is 0 Å². The van der Waals surface area contributed by atoms with E-state index in [9.17, 15) is 35.4 Å². The number of rotatable bonds is 5. The van der Waals surface area contributed by atoms with E-state index in [1.807, 2.05) is 20.8 Å². The highest BCUT2D eigenvalue weighted by Gasteiger charge is 2.47. The Morgan fingerprint density at radius 3 is 2.31 bits per heavy atom. The smallest absolute Gasteiger partial charge is 0.336 e. The lowest BCUT2D eigenvalue weighted by molar-refractivity contribution is -0.314. The third kappa shape index (κ3) is 5.16. The molecule has 184 valence electrons. The van der Waals surface area contributed by atoms with Gasteiger partial charge < -0.3 is 49.6 Å². The monoisotopic (exact) mass is 462 g/mol. The van der Waals surface area contributed by atoms with E-state index in [4.69, 9.17) is 18.9 Å². The number of carbonyl (C=O) groups is 1. The second-order valence-electron chi connectivity index (χ2n) is 9.40. The molecule has 11 nitrogen and oxygen atoms in total. The number of allylic oxidation sites excluding steroid dienone is 1. The highest BCUT2D eigenvalue weighted by molar-refractivity contribution is 5.91. The summed E-state index contributed by atoms with van der Waals surface area (Å²) in [6, 6.07) is 0. The van der Waals surface area contributed by atoms with Gasteiger partial charge in [-0.2, -0.15) is 0 Å². The SMILES string of the molecule is CC1=C(C(=O)O[C@H]2O[C@@H](CO[C@@H]3OC[C@H](O)[C@@H](O)[C@@H]3O)[C@H](O)[C@@H](O)[C@@H]2O)C(C)(C)CCC1. The summed E-state index contributed by atoms with van der Waals surface area (Å²) in [6.45, 7) is 5.02. The number of carbonyl (C=O) groups excluding carboxylic acids is 1. The van der Waals surface area contributed by atoms with E-state index in [1.54, 1.807) is 0 Å². The average Bonchev–Trinajstić information content (AvgIpc) is 2.72. The van der Waals surface area contributed by atoms with Crippen molar-refractivity contribution in [2.24, 2.45) is 5.41 Å². The zero-order valence-electron chi connectivity index (χ0n) is 18.5. The van der Waals surface area contributed by atoms with Gasteiger partial charge in [-0.15, -0.1) is 0 Å². The zero-order chi connectivity index (χ0) is 23.8. The summed E-state index contributed by atoms with van der Waals surface area (Å²) >= 11 is 0. The van der Waals surface area contributed by atoms with E-state index in [1.165, 1.54) is 0 Å². The minimum Gasteiger partial charge on any atom is -0.429 e. The molecule has 0 aromatic heterocycles. The van der Waals surface area contributed by atoms with Gasteiger partial charge in [0, 0.05) is 5.57 Å². The van der Waals surface area contributed by atoms with E-state index in [0.717, 1.165) is 24.8 Å². The molecular formula is C21H34O11. The minimum atomic E-state index is -1.69. The lowest BCUT2D eigenvalue weighted by Gasteiger charge is -2.41. The molecule has 3 rings (SSSR count). The molecule has 2 heterocycles. The van der Waals surface area contributed by atoms with E-state index in [-0.39, 0.29) is 6.61 Å². The van der Waals surface area contributed by atoms with Crippen molar-refractivity contribution >= 4 is 5.97 Å². The lowest BCUT2D eigenvalue weighted by Crippen LogP contribution is -2.60. The summed E-state index contributed by atoms with van der Waals surface area (Å²) in [5.74, 6) is -0.664. The number of ether oxygens (including phenoxy) is 4. The summed E-state index contributed by atoms with van der Waals surface area (Å²) in [6.07, 6.45) is -10.9. The molecule has 0 amide bonds. The van der Waals surface area contributed by atoms with Crippen LogP contribution >= 0.6 is 0 Å². The van der Waals surface area contributed by atoms with Gasteiger partial charge in [-0.1, -0.05) is 19.4 Å². The van der Waals surface area contributed by atoms with Gasteiger partial charge in [-0.05, 0) is 31.6 Å². The molecule has 0 radical (unpaired) electrons. The Hall–Kier alpha value is -1.15. The van der Waals surface area contributed by atoms with Gasteiger partial charge in [0.05, 0.1) is 13.2 Å². The van der Waals surface area contributed by atoms with Crippen LogP contribution in [0.25, 0.3) is 0 Å². The normalized spacial score (nSPS) is 42.6. The molecule has 11 heteroatoms. The summed E-state index contributed by atoms with van der Waals surface area (Å²) in [4.78, 5) is 12.9. The number of aliphatic hydroxyl groups is 6. The van der Waals surface area contributed by atoms with Crippen LogP contribution < -0.4 is 0 Å². The molecule has 0 bridgehead atoms. The zero-order valence-corrected chi connectivity index (χ0v) is 18.5. The molecule has 3 aliphatic rings. The first-order valence-corrected chi connectivity index (χ1v) is 10.8. The fourth-order valence-corrected chi connectivity index (χ4v) is 4.51. The second kappa shape index (κ2) is 10.00. The molecule has 6 N–H and O–H groups in total. The van der Waals surface area contributed by atoms with E-state index in [0.29, 0.717) is 5.57 Å². The molecule has 2 saturated heterocycles. The molecule has 9 atom stereocenters. The Labute approximate surface area is 186 Å². The van der Waals surface area contributed by atoms with Crippen molar-refractivity contribution in [2.75, 3.05) is 13.2 Å². The van der Waals surface area contributed by atoms with Gasteiger partial charge in [-0.25, -0.2) is 4.79 Å². The number of hydrogen-bond acceptors (Lipinski definition) is 11. The maximum atomic E-state index is 12.9. The van der Waals surface area contributed by atoms with Crippen molar-refractivity contribution in [1.29, 1.82) is 0 Å². The lowest BCUT2D eigenvalue weighted by atomic mass is 9.73. The van der Waals surface area contributed by atoms with E-state index in [2.05, 4.69) is 0 Å². The van der Waals surface area contributed by atoms with Crippen LogP contribution in [0.15, 0.2) is 11.1 Å². The number of esters is 1. The summed E-state index contributed by atoms with van der Waals surface area (Å²) in [5, 5.41) is 60.0. The Morgan fingerprint density at radius 1 is 1.00 bits per heavy atom. The van der Waals surface area contributed by atoms with Crippen LogP contribution in [-0.4, -0.2) is 105 Å². The van der Waals surface area contributed by atoms with Crippen LogP contribution in [0.1, 0.15) is 40.0 Å². The Bertz CT molecular complexity index is 708. The van der Waals surface area contributed by atoms with Crippen molar-refractivity contribution in [3.63, 3.8) is 0 Å². The van der Waals surface area contributed by atoms with Crippen molar-refractivity contribution < 1.29 is 54.4 Å². The first-order chi connectivity index (χ1) is 14.9. The molecule has 2 fully saturated rings. The fraction of sp³-hybridized carbons (Fsp3) is 0.857. The first kappa shape index (κ1) is 25.5. The molecule has 0 spiro atoms. The van der Waals surface area contributed by atoms with E-state index >= 15 is 0 Å². The molecular weight excluding hydrogens is 428 g/mol. The predicted octanol–water partition coefficient (Wildman–Crippen LogP) is -1.68. The molecule has 0 aromatic rings. The van der Waals surface area contributed by atoms with Gasteiger partial charge in [0.25, 0.3) is 0 Å². The van der Waals surface area contributed by atoms with Crippen molar-refractivity contribution in [1.82, 2.24) is 0 Å². The van der Waals surface area contributed by atoms with Gasteiger partial charge in [0.1, 0.15) is 42.7 Å². The van der Waals surface area contributed by atoms with Crippen LogP contribution in [0, 0.1) is 5.41 Å². The second-order valence-corrected chi connectivity index (χ2v) is 9.40. The topological polar surface area (TPSA) is 175 Å². The van der Waals surface area contributed by atoms with Gasteiger partial charge in [0.2, 0.25) is 6.29 Å². The Morgan fingerprint density at radius 2 is 1.66 bits per heavy atom. The predicted molar refractivity (Wildman–Crippen MR) is 107 cm³/mol. The molecule has 0 aromatic carbocycles. The highest BCUT2D eigenvalue weighted by Crippen LogP contribution is 2.41. The maximum Gasteiger partial charge on any atom is 0.336 e. The summed E-state index contributed by atoms with van der Waals surface area (Å²) in [5.41, 5.74) is 0.972. The molecule has 1 aliphatic carbocycles. The van der Waals surface area contributed by atoms with Gasteiger partial charge in [0.15, 0.2) is 6.29 Å². The quantitative estimate of drug-likeness (QED) is 0.257. The largest absolute Gasteiger partial charge is 0.429 e. The number of aliphatic hydroxyl groups excluding tert-OH is 6. The minimum absolute atomic E-state index is 0.275. The van der Waals surface area contributed by atoms with Crippen molar-refractivity contribution in [3.05, 3.63) is 11.1 Å². The van der Waals surface area contributed by atoms with Crippen LogP contribution in [-0.2, 0) is 23.7 Å². The van der Waals surface area contributed by atoms with Crippen LogP contribution in [0.5, 0.6) is 0 Å². The van der Waals surface area contributed by atoms with Gasteiger partial charge in [-0.3, -0.25) is 0 Å². The standard InChI is InChI=1S/C21H34O11/c1-9-5-4-6-21(2,3)12(9)18(28)32-20-17(27)15(25)14(24)11(31-20)8-30-19-16(26)13(23)10(22)7-29-19/h10-11,13-17,19-20,22-27H,4-8H2,1-3H3/t10-,11-,13+,14-,15+,16-,17-,19-,20+/m0/s1. The summed E-state index contributed by atoms with van der Waals surface area (Å²) < 4.78 is 21.4. The van der Waals surface area contributed by atoms with Crippen LogP contribution in [0.3, 0.4) is 0 Å². The fourth-order valence-electron chi connectivity index (χ4n) is 4.51. The van der Waals surface area contributed by atoms with E-state index < -0.39 is 73.3 Å². The maximum absolute atomic E-state index is 12.9. The Balaban J connectivity index is 1.66. The molecule has 0 saturated carbocycles. The average molecular weight is 462 g/mol. The third-order valence-corrected chi connectivity index (χ3v) is 6.43. The van der Waals surface area contributed by atoms with Crippen LogP contribution in [0.2, 0.25) is 0 Å². The molecule has 32 heavy (non-hydrogen) atoms. The van der Waals surface area contributed by atoms with Gasteiger partial charge >= 0.3 is 5.97 Å². The first-order valence-electron chi connectivity index (χ1n) is 10.8. The Kier molecular flexibility index (Phi) is 7.96. The molecule has 2 aliphatic heterocycles. The summed E-state index contributed by atoms with van der Waals surface area (Å²) in [7, 11) is 0. The highest BCUT2D eigenvalue weighted by atomic mass is 16.7. The van der Waals surface area contributed by atoms with Crippen molar-refractivity contribution in [3.8, 4) is 0 Å².